The van der Waals surface area contributed by atoms with E-state index in [-0.39, 0.29) is 47.6 Å². The maximum atomic E-state index is 13.2. The highest BCUT2D eigenvalue weighted by Crippen LogP contribution is 2.60. The summed E-state index contributed by atoms with van der Waals surface area (Å²) in [6, 6.07) is 13.2. The third-order valence-electron chi connectivity index (χ3n) is 6.63. The van der Waals surface area contributed by atoms with Gasteiger partial charge in [-0.25, -0.2) is 14.9 Å². The number of amides is 2. The van der Waals surface area contributed by atoms with Crippen molar-refractivity contribution in [2.24, 2.45) is 34.0 Å². The number of fused-ring (bicyclic) bond motifs is 8. The lowest BCUT2D eigenvalue weighted by atomic mass is 9.76. The van der Waals surface area contributed by atoms with Gasteiger partial charge in [0.2, 0.25) is 11.8 Å². The summed E-state index contributed by atoms with van der Waals surface area (Å²) in [4.78, 5) is 31.9. The summed E-state index contributed by atoms with van der Waals surface area (Å²) < 4.78 is 1.000. The van der Waals surface area contributed by atoms with Crippen molar-refractivity contribution in [1.29, 1.82) is 0 Å². The van der Waals surface area contributed by atoms with E-state index in [9.17, 15) is 9.59 Å². The fourth-order valence-electron chi connectivity index (χ4n) is 5.61. The Bertz CT molecular complexity index is 1010. The number of anilines is 2. The molecule has 0 unspecified atom stereocenters. The summed E-state index contributed by atoms with van der Waals surface area (Å²) in [5, 5.41) is 10.9. The second-order valence-electron chi connectivity index (χ2n) is 7.82. The molecule has 4 aliphatic rings. The molecule has 6 rings (SSSR count). The van der Waals surface area contributed by atoms with Gasteiger partial charge >= 0.3 is 0 Å². The first kappa shape index (κ1) is 16.4. The van der Waals surface area contributed by atoms with Gasteiger partial charge in [-0.05, 0) is 54.7 Å². The van der Waals surface area contributed by atoms with Gasteiger partial charge < -0.3 is 0 Å². The molecule has 3 fully saturated rings. The van der Waals surface area contributed by atoms with Gasteiger partial charge in [0.25, 0.3) is 0 Å². The minimum atomic E-state index is -0.304. The van der Waals surface area contributed by atoms with Gasteiger partial charge in [0.15, 0.2) is 0 Å². The number of carbonyl (C=O) groups excluding carboxylic acids is 2. The van der Waals surface area contributed by atoms with Crippen LogP contribution in [0.25, 0.3) is 0 Å². The van der Waals surface area contributed by atoms with Crippen molar-refractivity contribution in [2.45, 2.75) is 18.5 Å². The molecule has 1 saturated heterocycles. The highest BCUT2D eigenvalue weighted by molar-refractivity contribution is 9.10. The van der Waals surface area contributed by atoms with Gasteiger partial charge in [-0.3, -0.25) is 9.59 Å². The molecule has 1 aromatic carbocycles. The fraction of sp³-hybridized carbons (Fsp3) is 0.350. The fourth-order valence-corrected chi connectivity index (χ4v) is 5.88. The standard InChI is InChI=1S/C20H16BrN5O2/c21-10-4-6-11(7-5-10)26-18-13-9-12(17(18)23-24-26)15-16(13)20(28)25(19(15)27)14-3-1-2-8-22-14/h1-8,12-13,15-18H,9H2/t12-,13+,15-,16+,17+,18-/m1/s1. The Morgan fingerprint density at radius 2 is 1.71 bits per heavy atom. The largest absolute Gasteiger partial charge is 0.274 e. The van der Waals surface area contributed by atoms with E-state index in [2.05, 4.69) is 31.3 Å². The summed E-state index contributed by atoms with van der Waals surface area (Å²) in [7, 11) is 0. The van der Waals surface area contributed by atoms with E-state index in [0.717, 1.165) is 16.6 Å². The van der Waals surface area contributed by atoms with E-state index in [4.69, 9.17) is 0 Å². The maximum Gasteiger partial charge on any atom is 0.239 e. The maximum absolute atomic E-state index is 13.2. The van der Waals surface area contributed by atoms with Crippen LogP contribution in [0.3, 0.4) is 0 Å². The number of nitrogens with zero attached hydrogens (tertiary/aromatic N) is 5. The molecule has 1 aromatic heterocycles. The zero-order valence-corrected chi connectivity index (χ0v) is 16.3. The Kier molecular flexibility index (Phi) is 3.33. The van der Waals surface area contributed by atoms with Crippen LogP contribution in [0.2, 0.25) is 0 Å². The third kappa shape index (κ3) is 2.01. The summed E-state index contributed by atoms with van der Waals surface area (Å²) >= 11 is 3.46. The Labute approximate surface area is 169 Å². The minimum absolute atomic E-state index is 0.0321. The molecule has 3 heterocycles. The van der Waals surface area contributed by atoms with Gasteiger partial charge in [-0.15, -0.1) is 0 Å². The number of benzene rings is 1. The van der Waals surface area contributed by atoms with E-state index < -0.39 is 0 Å². The molecule has 0 radical (unpaired) electrons. The molecule has 140 valence electrons. The van der Waals surface area contributed by atoms with E-state index >= 15 is 0 Å². The van der Waals surface area contributed by atoms with Crippen LogP contribution in [-0.2, 0) is 9.59 Å². The van der Waals surface area contributed by atoms with Gasteiger partial charge in [0.1, 0.15) is 5.82 Å². The molecule has 8 heteroatoms. The normalized spacial score (nSPS) is 35.0. The second-order valence-corrected chi connectivity index (χ2v) is 8.74. The average molecular weight is 438 g/mol. The molecular formula is C20H16BrN5O2. The van der Waals surface area contributed by atoms with Crippen molar-refractivity contribution in [2.75, 3.05) is 9.91 Å². The minimum Gasteiger partial charge on any atom is -0.274 e. The summed E-state index contributed by atoms with van der Waals surface area (Å²) in [6.45, 7) is 0. The molecule has 7 nitrogen and oxygen atoms in total. The van der Waals surface area contributed by atoms with Crippen molar-refractivity contribution in [3.05, 3.63) is 53.1 Å². The summed E-state index contributed by atoms with van der Waals surface area (Å²) in [6.07, 6.45) is 2.46. The molecule has 6 atom stereocenters. The topological polar surface area (TPSA) is 78.2 Å². The Morgan fingerprint density at radius 3 is 2.43 bits per heavy atom. The Hall–Kier alpha value is -2.61. The molecule has 28 heavy (non-hydrogen) atoms. The van der Waals surface area contributed by atoms with Crippen LogP contribution in [0.1, 0.15) is 6.42 Å². The quantitative estimate of drug-likeness (QED) is 0.675. The molecule has 2 saturated carbocycles. The van der Waals surface area contributed by atoms with E-state index in [0.29, 0.717) is 5.82 Å². The molecule has 2 aromatic rings. The van der Waals surface area contributed by atoms with E-state index in [1.807, 2.05) is 29.3 Å². The van der Waals surface area contributed by atoms with Gasteiger partial charge in [-0.2, -0.15) is 5.11 Å². The number of imide groups is 1. The average Bonchev–Trinajstić information content (AvgIpc) is 3.44. The first-order chi connectivity index (χ1) is 13.6. The van der Waals surface area contributed by atoms with Gasteiger partial charge in [0.05, 0.1) is 29.6 Å². The smallest absolute Gasteiger partial charge is 0.239 e. The predicted octanol–water partition coefficient (Wildman–Crippen LogP) is 3.22. The molecular weight excluding hydrogens is 422 g/mol. The number of aromatic nitrogens is 1. The highest BCUT2D eigenvalue weighted by Gasteiger charge is 2.70. The van der Waals surface area contributed by atoms with Crippen molar-refractivity contribution in [3.63, 3.8) is 0 Å². The van der Waals surface area contributed by atoms with Crippen molar-refractivity contribution >= 4 is 39.2 Å². The first-order valence-electron chi connectivity index (χ1n) is 9.39. The van der Waals surface area contributed by atoms with Crippen LogP contribution in [0.15, 0.2) is 63.5 Å². The molecule has 0 spiro atoms. The number of hydrogen-bond donors (Lipinski definition) is 0. The lowest BCUT2D eigenvalue weighted by Gasteiger charge is -2.33. The monoisotopic (exact) mass is 437 g/mol. The number of pyridine rings is 1. The van der Waals surface area contributed by atoms with Gasteiger partial charge in [0, 0.05) is 10.7 Å². The molecule has 2 aliphatic carbocycles. The molecule has 2 aliphatic heterocycles. The van der Waals surface area contributed by atoms with E-state index in [1.54, 1.807) is 24.4 Å². The van der Waals surface area contributed by atoms with Crippen molar-refractivity contribution in [3.8, 4) is 0 Å². The number of carbonyl (C=O) groups is 2. The van der Waals surface area contributed by atoms with Crippen molar-refractivity contribution < 1.29 is 9.59 Å². The lowest BCUT2D eigenvalue weighted by Crippen LogP contribution is -2.47. The lowest BCUT2D eigenvalue weighted by molar-refractivity contribution is -0.123. The zero-order valence-electron chi connectivity index (χ0n) is 14.7. The SMILES string of the molecule is O=C1[C@@H]2[C@H]3C[C@@H]([C@@H]2C(=O)N1c1ccccn1)[C@@H]1[C@H]3N=NN1c1ccc(Br)cc1. The van der Waals surface area contributed by atoms with Gasteiger partial charge in [-0.1, -0.05) is 27.2 Å². The van der Waals surface area contributed by atoms with Crippen LogP contribution in [-0.4, -0.2) is 28.9 Å². The van der Waals surface area contributed by atoms with Crippen LogP contribution in [0.5, 0.6) is 0 Å². The van der Waals surface area contributed by atoms with Crippen LogP contribution in [0.4, 0.5) is 11.5 Å². The molecule has 2 bridgehead atoms. The van der Waals surface area contributed by atoms with Crippen LogP contribution in [0, 0.1) is 23.7 Å². The van der Waals surface area contributed by atoms with Crippen LogP contribution < -0.4 is 9.91 Å². The third-order valence-corrected chi connectivity index (χ3v) is 7.15. The second kappa shape index (κ2) is 5.70. The first-order valence-corrected chi connectivity index (χ1v) is 10.2. The molecule has 2 amide bonds. The highest BCUT2D eigenvalue weighted by atomic mass is 79.9. The van der Waals surface area contributed by atoms with Crippen LogP contribution >= 0.6 is 15.9 Å². The summed E-state index contributed by atoms with van der Waals surface area (Å²) in [5.74, 6) is -0.299. The predicted molar refractivity (Wildman–Crippen MR) is 104 cm³/mol. The summed E-state index contributed by atoms with van der Waals surface area (Å²) in [5.41, 5.74) is 0.960. The molecule has 0 N–H and O–H groups in total. The number of halogens is 1. The Morgan fingerprint density at radius 1 is 0.964 bits per heavy atom. The zero-order chi connectivity index (χ0) is 19.0. The van der Waals surface area contributed by atoms with E-state index in [1.165, 1.54) is 4.90 Å². The number of hydrogen-bond acceptors (Lipinski definition) is 6. The van der Waals surface area contributed by atoms with Crippen molar-refractivity contribution in [1.82, 2.24) is 4.98 Å². The Balaban J connectivity index is 1.36. The number of rotatable bonds is 2.